The maximum Gasteiger partial charge on any atom is 3.00 e. The second-order valence-corrected chi connectivity index (χ2v) is 30.0. The molecular weight excluding hydrogens is 858 g/mol. The van der Waals surface area contributed by atoms with Gasteiger partial charge in [0.25, 0.3) is 0 Å². The van der Waals surface area contributed by atoms with E-state index in [0.29, 0.717) is 0 Å². The van der Waals surface area contributed by atoms with Gasteiger partial charge in [0.15, 0.2) is 0 Å². The van der Waals surface area contributed by atoms with Gasteiger partial charge in [-0.05, 0) is 111 Å². The topological polar surface area (TPSA) is 147 Å². The molecular formula is C42H79Mn2N4O4P4+4. The van der Waals surface area contributed by atoms with E-state index in [2.05, 4.69) is 179 Å². The van der Waals surface area contributed by atoms with Crippen LogP contribution in [-0.2, 0) is 48.5 Å². The zero-order valence-electron chi connectivity index (χ0n) is 37.6. The fourth-order valence-electron chi connectivity index (χ4n) is 6.26. The second kappa shape index (κ2) is 43.8. The first-order valence-electron chi connectivity index (χ1n) is 18.9. The van der Waals surface area contributed by atoms with Crippen LogP contribution in [0.2, 0.25) is 0 Å². The average molecular weight is 938 g/mol. The number of aliphatic hydroxyl groups is 1. The molecule has 0 saturated heterocycles. The summed E-state index contributed by atoms with van der Waals surface area (Å²) in [6.07, 6.45) is 15.6. The molecule has 0 bridgehead atoms. The van der Waals surface area contributed by atoms with Gasteiger partial charge >= 0.3 is 34.1 Å². The zero-order chi connectivity index (χ0) is 43.7. The monoisotopic (exact) mass is 937 g/mol. The number of carbonyl (C=O) groups excluding carboxylic acids is 3. The first kappa shape index (κ1) is 69.8. The number of nitrogens with zero attached hydrogens (tertiary/aromatic N) is 4. The van der Waals surface area contributed by atoms with Gasteiger partial charge in [-0.25, -0.2) is 0 Å². The van der Waals surface area contributed by atoms with E-state index in [1.54, 1.807) is 0 Å². The van der Waals surface area contributed by atoms with Crippen molar-refractivity contribution in [1.29, 1.82) is 10.8 Å². The molecule has 0 aromatic heterocycles. The van der Waals surface area contributed by atoms with E-state index in [-0.39, 0.29) is 50.0 Å². The summed E-state index contributed by atoms with van der Waals surface area (Å²) in [6, 6.07) is 0. The van der Waals surface area contributed by atoms with Crippen molar-refractivity contribution in [3.8, 4) is 0 Å². The van der Waals surface area contributed by atoms with Crippen LogP contribution < -0.4 is 0 Å². The maximum absolute atomic E-state index is 7.75. The van der Waals surface area contributed by atoms with Crippen LogP contribution in [0.3, 0.4) is 0 Å². The molecule has 14 heteroatoms. The molecule has 0 spiro atoms. The van der Waals surface area contributed by atoms with Gasteiger partial charge in [-0.15, -0.1) is 22.8 Å². The fraction of sp³-hybridized carbons (Fsp3) is 0.643. The van der Waals surface area contributed by atoms with Crippen LogP contribution >= 0.6 is 31.7 Å². The van der Waals surface area contributed by atoms with Gasteiger partial charge in [0.1, 0.15) is 0 Å². The van der Waals surface area contributed by atoms with Crippen LogP contribution in [0.1, 0.15) is 111 Å². The van der Waals surface area contributed by atoms with Gasteiger partial charge in [-0.3, -0.25) is 20.4 Å². The van der Waals surface area contributed by atoms with Crippen molar-refractivity contribution in [2.45, 2.75) is 156 Å². The molecule has 0 aliphatic carbocycles. The molecule has 0 amide bonds. The molecule has 1 N–H and O–H groups in total. The molecule has 0 fully saturated rings. The van der Waals surface area contributed by atoms with E-state index in [1.807, 2.05) is 0 Å². The second-order valence-electron chi connectivity index (χ2n) is 15.1. The van der Waals surface area contributed by atoms with Crippen LogP contribution in [0.4, 0.5) is 0 Å². The molecule has 56 heavy (non-hydrogen) atoms. The molecule has 1 radical (unpaired) electrons. The summed E-state index contributed by atoms with van der Waals surface area (Å²) < 4.78 is 0. The Bertz CT molecular complexity index is 1040. The largest absolute Gasteiger partial charge is 3.00 e. The average Bonchev–Trinajstić information content (AvgIpc) is 3.14. The third-order valence-corrected chi connectivity index (χ3v) is 22.8. The summed E-state index contributed by atoms with van der Waals surface area (Å²) in [5.41, 5.74) is 11.3. The molecule has 2 rings (SSSR count). The molecule has 2 heterocycles. The Kier molecular flexibility index (Phi) is 54.5. The van der Waals surface area contributed by atoms with Gasteiger partial charge in [0.05, 0.1) is 57.6 Å². The third kappa shape index (κ3) is 32.1. The normalized spacial score (nSPS) is 14.1. The van der Waals surface area contributed by atoms with Crippen LogP contribution in [0.25, 0.3) is 10.6 Å². The number of aliphatic hydroxyl groups excluding tert-OH is 1. The summed E-state index contributed by atoms with van der Waals surface area (Å²) in [5, 5.41) is 29.0. The summed E-state index contributed by atoms with van der Waals surface area (Å²) in [5.74, 6) is 4.97. The molecule has 0 aromatic rings. The molecule has 321 valence electrons. The van der Waals surface area contributed by atoms with E-state index < -0.39 is 15.8 Å². The minimum absolute atomic E-state index is 0. The van der Waals surface area contributed by atoms with Crippen molar-refractivity contribution in [2.24, 2.45) is 0 Å². The Morgan fingerprint density at radius 1 is 0.518 bits per heavy atom. The predicted octanol–water partition coefficient (Wildman–Crippen LogP) is 12.2. The van der Waals surface area contributed by atoms with Crippen molar-refractivity contribution in [3.05, 3.63) is 81.5 Å². The Morgan fingerprint density at radius 2 is 0.732 bits per heavy atom. The van der Waals surface area contributed by atoms with Gasteiger partial charge in [-0.2, -0.15) is 0 Å². The summed E-state index contributed by atoms with van der Waals surface area (Å²) in [4.78, 5) is 23.2. The number of rotatable bonds is 14. The molecule has 8 nitrogen and oxygen atoms in total. The van der Waals surface area contributed by atoms with Crippen LogP contribution in [-0.4, -0.2) is 90.2 Å². The standard InChI is InChI=1S/2C19H34NP2.CH4O.3CHO.2Mn.N2/c2*1-14(2)21(15(3)4)12-18-10-9-11-19(20-18)13-22(16(5)6)17(7)8;4*1-2;;;1-2/h2*9-12,14-17H,13H2,1-8H3;2H,1H3;3*1H;;;/q2*-1;;3*-1;+2;+3;/p+4. The van der Waals surface area contributed by atoms with E-state index in [1.165, 1.54) is 35.1 Å². The summed E-state index contributed by atoms with van der Waals surface area (Å²) in [7, 11) is -0.725. The van der Waals surface area contributed by atoms with Crippen LogP contribution in [0, 0.1) is 10.8 Å². The quantitative estimate of drug-likeness (QED) is 0.0603. The van der Waals surface area contributed by atoms with Crippen molar-refractivity contribution >= 4 is 52.1 Å². The Hall–Kier alpha value is -0.811. The smallest absolute Gasteiger partial charge is 0.656 e. The molecule has 2 aliphatic rings. The number of hydrogen-bond acceptors (Lipinski definition) is 6. The van der Waals surface area contributed by atoms with Gasteiger partial charge < -0.3 is 30.1 Å². The molecule has 0 unspecified atom stereocenters. The van der Waals surface area contributed by atoms with Crippen LogP contribution in [0.15, 0.2) is 70.9 Å². The molecule has 0 aromatic carbocycles. The van der Waals surface area contributed by atoms with Gasteiger partial charge in [0, 0.05) is 61.2 Å². The first-order chi connectivity index (χ1) is 25.4. The van der Waals surface area contributed by atoms with Gasteiger partial charge in [-0.1, -0.05) is 36.5 Å². The van der Waals surface area contributed by atoms with E-state index in [9.17, 15) is 0 Å². The molecule has 0 atom stereocenters. The van der Waals surface area contributed by atoms with Crippen molar-refractivity contribution < 1.29 is 53.6 Å². The van der Waals surface area contributed by atoms with Crippen molar-refractivity contribution in [2.75, 3.05) is 19.4 Å². The Labute approximate surface area is 371 Å². The number of hydrogen-bond donors (Lipinski definition) is 1. The predicted molar refractivity (Wildman–Crippen MR) is 253 cm³/mol. The zero-order valence-corrected chi connectivity index (χ0v) is 44.0. The minimum atomic E-state index is -0.487. The number of allylic oxidation sites excluding steroid dienone is 8. The Balaban J connectivity index is -0.000000136. The van der Waals surface area contributed by atoms with Gasteiger partial charge in [0.2, 0.25) is 0 Å². The summed E-state index contributed by atoms with van der Waals surface area (Å²) in [6.45, 7) is 47.6. The van der Waals surface area contributed by atoms with E-state index >= 15 is 0 Å². The molecule has 0 saturated carbocycles. The van der Waals surface area contributed by atoms with Crippen molar-refractivity contribution in [1.82, 2.24) is 0 Å². The van der Waals surface area contributed by atoms with Crippen LogP contribution in [0.5, 0.6) is 0 Å². The SMILES string of the molecule is CC(C)[PH+](C=C1C=CC=C(C[PH+](C(C)C)C(C)C)[N-]1)C(C)C.CC(C)[PH+](C=C1C=CC=C(C[PH+](C(C)C)C(C)C)[N-]1)C(C)C.CO.N#N.[CH-]=O.[CH-]=O.[CH-]=O.[Mn+2].[Mn+3]. The van der Waals surface area contributed by atoms with E-state index in [0.717, 1.165) is 52.4 Å². The first-order valence-corrected chi connectivity index (χ1v) is 26.0. The van der Waals surface area contributed by atoms with E-state index in [4.69, 9.17) is 40.9 Å². The minimum Gasteiger partial charge on any atom is -0.656 e. The van der Waals surface area contributed by atoms with Crippen molar-refractivity contribution in [3.63, 3.8) is 0 Å². The Morgan fingerprint density at radius 3 is 0.911 bits per heavy atom. The fourth-order valence-corrected chi connectivity index (χ4v) is 16.8. The maximum atomic E-state index is 7.75. The molecule has 2 aliphatic heterocycles. The summed E-state index contributed by atoms with van der Waals surface area (Å²) >= 11 is 0. The third-order valence-electron chi connectivity index (χ3n) is 8.69.